The van der Waals surface area contributed by atoms with Gasteiger partial charge in [0.2, 0.25) is 0 Å². The Balaban J connectivity index is 2.08. The molecule has 0 aliphatic carbocycles. The first kappa shape index (κ1) is 10.0. The molecule has 5 heteroatoms. The van der Waals surface area contributed by atoms with E-state index < -0.39 is 6.43 Å². The van der Waals surface area contributed by atoms with Crippen molar-refractivity contribution < 1.29 is 8.78 Å². The number of alkyl halides is 2. The van der Waals surface area contributed by atoms with E-state index in [2.05, 4.69) is 10.4 Å². The van der Waals surface area contributed by atoms with Gasteiger partial charge < -0.3 is 5.32 Å². The zero-order valence-electron chi connectivity index (χ0n) is 8.03. The van der Waals surface area contributed by atoms with Gasteiger partial charge in [-0.1, -0.05) is 6.07 Å². The van der Waals surface area contributed by atoms with Gasteiger partial charge in [0.25, 0.3) is 6.43 Å². The summed E-state index contributed by atoms with van der Waals surface area (Å²) in [4.78, 5) is 0. The Morgan fingerprint density at radius 1 is 1.40 bits per heavy atom. The first-order chi connectivity index (χ1) is 7.27. The molecule has 0 aromatic carbocycles. The molecule has 2 aromatic rings. The van der Waals surface area contributed by atoms with Crippen LogP contribution in [0.3, 0.4) is 0 Å². The highest BCUT2D eigenvalue weighted by molar-refractivity contribution is 5.53. The van der Waals surface area contributed by atoms with Gasteiger partial charge in [-0.3, -0.25) is 0 Å². The fourth-order valence-electron chi connectivity index (χ4n) is 1.44. The van der Waals surface area contributed by atoms with E-state index in [4.69, 9.17) is 0 Å². The lowest BCUT2D eigenvalue weighted by molar-refractivity contribution is 0.145. The number of fused-ring (bicyclic) bond motifs is 1. The smallest absolute Gasteiger partial charge is 0.250 e. The van der Waals surface area contributed by atoms with Gasteiger partial charge >= 0.3 is 0 Å². The van der Waals surface area contributed by atoms with Crippen molar-refractivity contribution in [3.05, 3.63) is 36.2 Å². The molecule has 0 aliphatic heterocycles. The predicted octanol–water partition coefficient (Wildman–Crippen LogP) is 1.69. The molecule has 0 saturated carbocycles. The Bertz CT molecular complexity index is 439. The van der Waals surface area contributed by atoms with E-state index in [0.717, 1.165) is 11.1 Å². The zero-order chi connectivity index (χ0) is 10.7. The second-order valence-corrected chi connectivity index (χ2v) is 3.22. The first-order valence-electron chi connectivity index (χ1n) is 4.67. The van der Waals surface area contributed by atoms with Crippen LogP contribution in [0.2, 0.25) is 0 Å². The van der Waals surface area contributed by atoms with Crippen LogP contribution in [0.15, 0.2) is 30.6 Å². The number of hydrogen-bond donors (Lipinski definition) is 1. The Kier molecular flexibility index (Phi) is 2.91. The van der Waals surface area contributed by atoms with Crippen molar-refractivity contribution in [2.24, 2.45) is 0 Å². The normalized spacial score (nSPS) is 11.4. The van der Waals surface area contributed by atoms with Crippen LogP contribution in [0.4, 0.5) is 8.78 Å². The summed E-state index contributed by atoms with van der Waals surface area (Å²) < 4.78 is 25.5. The average molecular weight is 211 g/mol. The molecule has 0 spiro atoms. The van der Waals surface area contributed by atoms with E-state index >= 15 is 0 Å². The van der Waals surface area contributed by atoms with Crippen molar-refractivity contribution in [2.75, 3.05) is 6.54 Å². The average Bonchev–Trinajstić information content (AvgIpc) is 2.62. The van der Waals surface area contributed by atoms with Crippen LogP contribution in [0.25, 0.3) is 5.52 Å². The van der Waals surface area contributed by atoms with Crippen molar-refractivity contribution in [3.63, 3.8) is 0 Å². The number of aromatic nitrogens is 2. The second kappa shape index (κ2) is 4.35. The van der Waals surface area contributed by atoms with Gasteiger partial charge in [0, 0.05) is 18.3 Å². The summed E-state index contributed by atoms with van der Waals surface area (Å²) in [5.74, 6) is 0. The topological polar surface area (TPSA) is 29.3 Å². The summed E-state index contributed by atoms with van der Waals surface area (Å²) in [7, 11) is 0. The molecule has 0 bridgehead atoms. The van der Waals surface area contributed by atoms with Crippen LogP contribution >= 0.6 is 0 Å². The lowest BCUT2D eigenvalue weighted by atomic mass is 10.2. The van der Waals surface area contributed by atoms with E-state index in [1.54, 1.807) is 10.7 Å². The Morgan fingerprint density at radius 2 is 2.27 bits per heavy atom. The van der Waals surface area contributed by atoms with Gasteiger partial charge in [0.15, 0.2) is 0 Å². The molecule has 0 saturated heterocycles. The molecule has 0 fully saturated rings. The largest absolute Gasteiger partial charge is 0.307 e. The van der Waals surface area contributed by atoms with Gasteiger partial charge in [-0.25, -0.2) is 13.3 Å². The first-order valence-corrected chi connectivity index (χ1v) is 4.67. The molecule has 1 N–H and O–H groups in total. The molecular weight excluding hydrogens is 200 g/mol. The molecule has 3 nitrogen and oxygen atoms in total. The fourth-order valence-corrected chi connectivity index (χ4v) is 1.44. The van der Waals surface area contributed by atoms with Gasteiger partial charge in [0.05, 0.1) is 18.3 Å². The van der Waals surface area contributed by atoms with Crippen LogP contribution in [0.5, 0.6) is 0 Å². The summed E-state index contributed by atoms with van der Waals surface area (Å²) in [6.45, 7) is 0.127. The fraction of sp³-hybridized carbons (Fsp3) is 0.300. The van der Waals surface area contributed by atoms with E-state index in [-0.39, 0.29) is 6.54 Å². The number of hydrogen-bond acceptors (Lipinski definition) is 2. The summed E-state index contributed by atoms with van der Waals surface area (Å²) >= 11 is 0. The Hall–Kier alpha value is -1.49. The molecule has 2 aromatic heterocycles. The summed E-state index contributed by atoms with van der Waals surface area (Å²) in [6, 6.07) is 5.68. The quantitative estimate of drug-likeness (QED) is 0.833. The highest BCUT2D eigenvalue weighted by Gasteiger charge is 2.04. The molecule has 15 heavy (non-hydrogen) atoms. The minimum Gasteiger partial charge on any atom is -0.307 e. The van der Waals surface area contributed by atoms with Gasteiger partial charge in [-0.2, -0.15) is 5.10 Å². The number of rotatable bonds is 4. The van der Waals surface area contributed by atoms with E-state index in [9.17, 15) is 8.78 Å². The van der Waals surface area contributed by atoms with Crippen LogP contribution in [-0.4, -0.2) is 22.6 Å². The summed E-state index contributed by atoms with van der Waals surface area (Å²) in [5, 5.41) is 6.78. The Labute approximate surface area is 85.7 Å². The molecule has 0 aliphatic rings. The Morgan fingerprint density at radius 3 is 3.07 bits per heavy atom. The summed E-state index contributed by atoms with van der Waals surface area (Å²) in [5.41, 5.74) is 1.87. The molecule has 0 radical (unpaired) electrons. The van der Waals surface area contributed by atoms with Crippen LogP contribution in [-0.2, 0) is 6.54 Å². The minimum atomic E-state index is -2.31. The van der Waals surface area contributed by atoms with Crippen LogP contribution in [0, 0.1) is 0 Å². The number of nitrogens with zero attached hydrogens (tertiary/aromatic N) is 2. The predicted molar refractivity (Wildman–Crippen MR) is 52.9 cm³/mol. The third-order valence-electron chi connectivity index (χ3n) is 2.12. The SMILES string of the molecule is FC(F)CNCc1cnn2ccccc12. The highest BCUT2D eigenvalue weighted by Crippen LogP contribution is 2.09. The molecular formula is C10H11F2N3. The second-order valence-electron chi connectivity index (χ2n) is 3.22. The van der Waals surface area contributed by atoms with Gasteiger partial charge in [-0.15, -0.1) is 0 Å². The number of pyridine rings is 1. The number of nitrogens with one attached hydrogen (secondary N) is 1. The molecule has 0 amide bonds. The van der Waals surface area contributed by atoms with Crippen molar-refractivity contribution in [3.8, 4) is 0 Å². The molecule has 2 heterocycles. The molecule has 0 unspecified atom stereocenters. The maximum Gasteiger partial charge on any atom is 0.250 e. The maximum atomic E-state index is 11.9. The van der Waals surface area contributed by atoms with Crippen molar-refractivity contribution in [1.29, 1.82) is 0 Å². The van der Waals surface area contributed by atoms with Crippen LogP contribution < -0.4 is 5.32 Å². The third-order valence-corrected chi connectivity index (χ3v) is 2.12. The van der Waals surface area contributed by atoms with Crippen molar-refractivity contribution >= 4 is 5.52 Å². The zero-order valence-corrected chi connectivity index (χ0v) is 8.03. The van der Waals surface area contributed by atoms with E-state index in [0.29, 0.717) is 6.54 Å². The highest BCUT2D eigenvalue weighted by atomic mass is 19.3. The van der Waals surface area contributed by atoms with Gasteiger partial charge in [0.1, 0.15) is 0 Å². The van der Waals surface area contributed by atoms with E-state index in [1.165, 1.54) is 0 Å². The van der Waals surface area contributed by atoms with Crippen LogP contribution in [0.1, 0.15) is 5.56 Å². The summed E-state index contributed by atoms with van der Waals surface area (Å²) in [6.07, 6.45) is 1.20. The van der Waals surface area contributed by atoms with Crippen molar-refractivity contribution in [1.82, 2.24) is 14.9 Å². The van der Waals surface area contributed by atoms with Crippen molar-refractivity contribution in [2.45, 2.75) is 13.0 Å². The third kappa shape index (κ3) is 2.30. The molecule has 80 valence electrons. The van der Waals surface area contributed by atoms with Gasteiger partial charge in [-0.05, 0) is 12.1 Å². The monoisotopic (exact) mass is 211 g/mol. The van der Waals surface area contributed by atoms with E-state index in [1.807, 2.05) is 24.4 Å². The lowest BCUT2D eigenvalue weighted by Crippen LogP contribution is -2.20. The lowest BCUT2D eigenvalue weighted by Gasteiger charge is -2.01. The standard InChI is InChI=1S/C10H11F2N3/c11-10(12)7-13-5-8-6-14-15-4-2-1-3-9(8)15/h1-4,6,10,13H,5,7H2. The molecule has 2 rings (SSSR count). The maximum absolute atomic E-state index is 11.9. The minimum absolute atomic E-state index is 0.288. The number of halogens is 2. The molecule has 0 atom stereocenters.